The Morgan fingerprint density at radius 2 is 2.10 bits per heavy atom. The summed E-state index contributed by atoms with van der Waals surface area (Å²) in [5.41, 5.74) is 10.4. The van der Waals surface area contributed by atoms with Gasteiger partial charge in [-0.25, -0.2) is 0 Å². The van der Waals surface area contributed by atoms with Gasteiger partial charge in [-0.15, -0.1) is 0 Å². The normalized spacial score (nSPS) is 15.1. The van der Waals surface area contributed by atoms with Crippen LogP contribution in [0.3, 0.4) is 0 Å². The quantitative estimate of drug-likeness (QED) is 0.819. The summed E-state index contributed by atoms with van der Waals surface area (Å²) < 4.78 is 0. The molecule has 1 aliphatic carbocycles. The van der Waals surface area contributed by atoms with Crippen LogP contribution in [0.15, 0.2) is 42.1 Å². The van der Waals surface area contributed by atoms with Crippen molar-refractivity contribution >= 4 is 22.3 Å². The Hall–Kier alpha value is -2.03. The van der Waals surface area contributed by atoms with Crippen LogP contribution in [0.25, 0.3) is 10.9 Å². The number of hydrogen-bond donors (Lipinski definition) is 2. The van der Waals surface area contributed by atoms with Crippen molar-refractivity contribution in [2.45, 2.75) is 32.1 Å². The Morgan fingerprint density at radius 1 is 1.20 bits per heavy atom. The van der Waals surface area contributed by atoms with Crippen LogP contribution < -0.4 is 11.1 Å². The first kappa shape index (κ1) is 13.0. The van der Waals surface area contributed by atoms with Gasteiger partial charge in [-0.2, -0.15) is 0 Å². The minimum atomic E-state index is 0.723. The Kier molecular flexibility index (Phi) is 3.86. The third-order valence-electron chi connectivity index (χ3n) is 3.94. The van der Waals surface area contributed by atoms with Crippen molar-refractivity contribution in [3.05, 3.63) is 42.1 Å². The summed E-state index contributed by atoms with van der Waals surface area (Å²) in [5.74, 6) is 0. The van der Waals surface area contributed by atoms with Crippen molar-refractivity contribution in [2.75, 3.05) is 17.6 Å². The van der Waals surface area contributed by atoms with Gasteiger partial charge in [0.15, 0.2) is 0 Å². The summed E-state index contributed by atoms with van der Waals surface area (Å²) in [5, 5.41) is 4.60. The lowest BCUT2D eigenvalue weighted by Gasteiger charge is -2.15. The molecule has 104 valence electrons. The van der Waals surface area contributed by atoms with Gasteiger partial charge < -0.3 is 11.1 Å². The molecule has 0 fully saturated rings. The summed E-state index contributed by atoms with van der Waals surface area (Å²) in [7, 11) is 0. The van der Waals surface area contributed by atoms with Crippen LogP contribution in [-0.4, -0.2) is 11.5 Å². The molecule has 0 amide bonds. The zero-order valence-electron chi connectivity index (χ0n) is 11.7. The van der Waals surface area contributed by atoms with E-state index in [4.69, 9.17) is 5.73 Å². The lowest BCUT2D eigenvalue weighted by atomic mass is 9.97. The second kappa shape index (κ2) is 5.95. The van der Waals surface area contributed by atoms with E-state index in [-0.39, 0.29) is 0 Å². The first-order valence-corrected chi connectivity index (χ1v) is 7.39. The number of fused-ring (bicyclic) bond motifs is 1. The smallest absolute Gasteiger partial charge is 0.0743 e. The topological polar surface area (TPSA) is 50.9 Å². The number of anilines is 2. The summed E-state index contributed by atoms with van der Waals surface area (Å²) in [6, 6.07) is 8.12. The molecule has 3 heteroatoms. The Bertz CT molecular complexity index is 631. The molecule has 3 rings (SSSR count). The van der Waals surface area contributed by atoms with E-state index < -0.39 is 0 Å². The molecular weight excluding hydrogens is 246 g/mol. The second-order valence-electron chi connectivity index (χ2n) is 5.39. The first-order chi connectivity index (χ1) is 9.84. The monoisotopic (exact) mass is 267 g/mol. The molecule has 0 aliphatic heterocycles. The third kappa shape index (κ3) is 2.77. The van der Waals surface area contributed by atoms with Gasteiger partial charge in [0.2, 0.25) is 0 Å². The minimum absolute atomic E-state index is 0.723. The molecule has 1 aliphatic rings. The van der Waals surface area contributed by atoms with Crippen molar-refractivity contribution in [1.29, 1.82) is 0 Å². The van der Waals surface area contributed by atoms with Gasteiger partial charge in [0.25, 0.3) is 0 Å². The van der Waals surface area contributed by atoms with E-state index in [0.717, 1.165) is 35.2 Å². The van der Waals surface area contributed by atoms with E-state index in [1.807, 2.05) is 18.2 Å². The number of aromatic nitrogens is 1. The number of nitrogens with one attached hydrogen (secondary N) is 1. The Labute approximate surface area is 119 Å². The number of allylic oxidation sites excluding steroid dienone is 1. The van der Waals surface area contributed by atoms with Gasteiger partial charge in [0.05, 0.1) is 23.1 Å². The fourth-order valence-electron chi connectivity index (χ4n) is 2.83. The third-order valence-corrected chi connectivity index (χ3v) is 3.94. The molecule has 0 atom stereocenters. The van der Waals surface area contributed by atoms with Crippen LogP contribution >= 0.6 is 0 Å². The van der Waals surface area contributed by atoms with Gasteiger partial charge in [-0.1, -0.05) is 29.8 Å². The summed E-state index contributed by atoms with van der Waals surface area (Å²) in [6.07, 6.45) is 10.4. The van der Waals surface area contributed by atoms with Gasteiger partial charge in [0.1, 0.15) is 0 Å². The fourth-order valence-corrected chi connectivity index (χ4v) is 2.83. The van der Waals surface area contributed by atoms with Gasteiger partial charge in [0, 0.05) is 11.9 Å². The number of hydrogen-bond acceptors (Lipinski definition) is 3. The van der Waals surface area contributed by atoms with E-state index in [1.165, 1.54) is 25.7 Å². The van der Waals surface area contributed by atoms with E-state index >= 15 is 0 Å². The highest BCUT2D eigenvalue weighted by Gasteiger charge is 2.07. The predicted octanol–water partition coefficient (Wildman–Crippen LogP) is 4.12. The molecule has 0 spiro atoms. The number of benzene rings is 1. The van der Waals surface area contributed by atoms with E-state index in [1.54, 1.807) is 11.8 Å². The number of nitrogens with two attached hydrogens (primary N) is 1. The molecule has 3 N–H and O–H groups in total. The number of rotatable bonds is 4. The zero-order chi connectivity index (χ0) is 13.8. The highest BCUT2D eigenvalue weighted by atomic mass is 14.9. The van der Waals surface area contributed by atoms with Crippen LogP contribution in [0, 0.1) is 0 Å². The van der Waals surface area contributed by atoms with E-state index in [0.29, 0.717) is 0 Å². The Morgan fingerprint density at radius 3 is 2.95 bits per heavy atom. The van der Waals surface area contributed by atoms with Crippen LogP contribution in [-0.2, 0) is 0 Å². The number of para-hydroxylation sites is 1. The standard InChI is InChI=1S/C17H21N3/c18-15-12-20-16-9-5-4-8-14(16)17(15)19-11-10-13-6-2-1-3-7-13/h4-6,8-9,12H,1-3,7,10-11,18H2,(H,19,20). The van der Waals surface area contributed by atoms with Crippen LogP contribution in [0.1, 0.15) is 32.1 Å². The lowest BCUT2D eigenvalue weighted by molar-refractivity contribution is 0.679. The first-order valence-electron chi connectivity index (χ1n) is 7.39. The maximum Gasteiger partial charge on any atom is 0.0743 e. The molecule has 0 bridgehead atoms. The average Bonchev–Trinajstić information content (AvgIpc) is 2.50. The average molecular weight is 267 g/mol. The lowest BCUT2D eigenvalue weighted by Crippen LogP contribution is -2.07. The molecule has 0 saturated heterocycles. The maximum absolute atomic E-state index is 6.07. The van der Waals surface area contributed by atoms with Gasteiger partial charge in [-0.3, -0.25) is 4.98 Å². The molecule has 0 saturated carbocycles. The van der Waals surface area contributed by atoms with E-state index in [9.17, 15) is 0 Å². The predicted molar refractivity (Wildman–Crippen MR) is 85.8 cm³/mol. The van der Waals surface area contributed by atoms with Gasteiger partial charge >= 0.3 is 0 Å². The maximum atomic E-state index is 6.07. The number of pyridine rings is 1. The van der Waals surface area contributed by atoms with Crippen LogP contribution in [0.5, 0.6) is 0 Å². The number of nitrogens with zero attached hydrogens (tertiary/aromatic N) is 1. The molecule has 20 heavy (non-hydrogen) atoms. The molecule has 3 nitrogen and oxygen atoms in total. The van der Waals surface area contributed by atoms with Gasteiger partial charge in [-0.05, 0) is 38.2 Å². The molecular formula is C17H21N3. The van der Waals surface area contributed by atoms with Crippen molar-refractivity contribution in [3.63, 3.8) is 0 Å². The van der Waals surface area contributed by atoms with Crippen LogP contribution in [0.2, 0.25) is 0 Å². The van der Waals surface area contributed by atoms with Crippen molar-refractivity contribution in [3.8, 4) is 0 Å². The highest BCUT2D eigenvalue weighted by molar-refractivity contribution is 5.96. The minimum Gasteiger partial charge on any atom is -0.396 e. The SMILES string of the molecule is Nc1cnc2ccccc2c1NCCC1=CCCCC1. The largest absolute Gasteiger partial charge is 0.396 e. The molecule has 0 radical (unpaired) electrons. The zero-order valence-corrected chi connectivity index (χ0v) is 11.7. The molecule has 1 aromatic carbocycles. The van der Waals surface area contributed by atoms with E-state index in [2.05, 4.69) is 22.4 Å². The molecule has 1 heterocycles. The molecule has 1 aromatic heterocycles. The summed E-state index contributed by atoms with van der Waals surface area (Å²) >= 11 is 0. The number of nitrogen functional groups attached to an aromatic ring is 1. The second-order valence-corrected chi connectivity index (χ2v) is 5.39. The molecule has 2 aromatic rings. The summed E-state index contributed by atoms with van der Waals surface area (Å²) in [4.78, 5) is 4.36. The highest BCUT2D eigenvalue weighted by Crippen LogP contribution is 2.28. The van der Waals surface area contributed by atoms with Crippen molar-refractivity contribution in [1.82, 2.24) is 4.98 Å². The van der Waals surface area contributed by atoms with Crippen molar-refractivity contribution < 1.29 is 0 Å². The Balaban J connectivity index is 1.73. The van der Waals surface area contributed by atoms with Crippen LogP contribution in [0.4, 0.5) is 11.4 Å². The van der Waals surface area contributed by atoms with Crippen molar-refractivity contribution in [2.24, 2.45) is 0 Å². The summed E-state index contributed by atoms with van der Waals surface area (Å²) in [6.45, 7) is 0.935. The molecule has 0 unspecified atom stereocenters. The fraction of sp³-hybridized carbons (Fsp3) is 0.353.